The molecule has 36 heavy (non-hydrogen) atoms. The van der Waals surface area contributed by atoms with Gasteiger partial charge in [0.15, 0.2) is 5.76 Å². The van der Waals surface area contributed by atoms with Crippen LogP contribution in [0.4, 0.5) is 0 Å². The molecular weight excluding hydrogens is 486 g/mol. The third kappa shape index (κ3) is 5.10. The summed E-state index contributed by atoms with van der Waals surface area (Å²) in [6.07, 6.45) is 1.40. The number of benzene rings is 2. The molecule has 4 rings (SSSR count). The van der Waals surface area contributed by atoms with E-state index >= 15 is 0 Å². The zero-order valence-corrected chi connectivity index (χ0v) is 20.3. The monoisotopic (exact) mass is 511 g/mol. The van der Waals surface area contributed by atoms with E-state index in [4.69, 9.17) is 9.15 Å². The van der Waals surface area contributed by atoms with Crippen molar-refractivity contribution >= 4 is 27.6 Å². The standard InChI is InChI=1S/C25H25N3O7S/c1-34-20-11-6-5-10-19(20)22(29)26-23(36(32,33)18-8-3-2-4-9-18)25(31)28-15-13-27(14-16-28)24(30)21-12-7-17-35-21/h2-12,17,23H,13-16H2,1H3,(H,26,29)/t23-/m0/s1. The average molecular weight is 512 g/mol. The molecule has 1 N–H and O–H groups in total. The number of carbonyl (C=O) groups excluding carboxylic acids is 3. The van der Waals surface area contributed by atoms with Gasteiger partial charge in [-0.05, 0) is 36.4 Å². The predicted molar refractivity (Wildman–Crippen MR) is 129 cm³/mol. The summed E-state index contributed by atoms with van der Waals surface area (Å²) in [5.41, 5.74) is 0.0925. The zero-order valence-electron chi connectivity index (χ0n) is 19.5. The van der Waals surface area contributed by atoms with E-state index in [2.05, 4.69) is 5.32 Å². The third-order valence-corrected chi connectivity index (χ3v) is 7.70. The number of amides is 3. The van der Waals surface area contributed by atoms with Crippen LogP contribution in [0.1, 0.15) is 20.9 Å². The highest BCUT2D eigenvalue weighted by Gasteiger charge is 2.40. The predicted octanol–water partition coefficient (Wildman–Crippen LogP) is 1.80. The third-order valence-electron chi connectivity index (χ3n) is 5.83. The molecule has 2 aromatic carbocycles. The van der Waals surface area contributed by atoms with E-state index in [0.29, 0.717) is 0 Å². The van der Waals surface area contributed by atoms with Crippen molar-refractivity contribution in [3.8, 4) is 5.75 Å². The van der Waals surface area contributed by atoms with Gasteiger partial charge in [0.2, 0.25) is 15.2 Å². The van der Waals surface area contributed by atoms with Gasteiger partial charge in [0.05, 0.1) is 23.8 Å². The molecule has 1 atom stereocenters. The van der Waals surface area contributed by atoms with Crippen LogP contribution in [0.25, 0.3) is 0 Å². The van der Waals surface area contributed by atoms with Crippen molar-refractivity contribution in [3.05, 3.63) is 84.3 Å². The minimum Gasteiger partial charge on any atom is -0.496 e. The molecule has 2 heterocycles. The SMILES string of the molecule is COc1ccccc1C(=O)N[C@H](C(=O)N1CCN(C(=O)c2ccco2)CC1)S(=O)(=O)c1ccccc1. The van der Waals surface area contributed by atoms with Gasteiger partial charge in [-0.25, -0.2) is 8.42 Å². The summed E-state index contributed by atoms with van der Waals surface area (Å²) in [5, 5.41) is 0.536. The van der Waals surface area contributed by atoms with Crippen molar-refractivity contribution in [3.63, 3.8) is 0 Å². The molecule has 1 aliphatic heterocycles. The lowest BCUT2D eigenvalue weighted by Crippen LogP contribution is -2.57. The van der Waals surface area contributed by atoms with Crippen LogP contribution in [0, 0.1) is 0 Å². The summed E-state index contributed by atoms with van der Waals surface area (Å²) < 4.78 is 37.4. The Kier molecular flexibility index (Phi) is 7.39. The molecule has 0 aliphatic carbocycles. The van der Waals surface area contributed by atoms with Crippen molar-refractivity contribution in [1.82, 2.24) is 15.1 Å². The second kappa shape index (κ2) is 10.6. The molecule has 1 aromatic heterocycles. The second-order valence-corrected chi connectivity index (χ2v) is 10.0. The highest BCUT2D eigenvalue weighted by Crippen LogP contribution is 2.21. The zero-order chi connectivity index (χ0) is 25.7. The van der Waals surface area contributed by atoms with Gasteiger partial charge in [-0.3, -0.25) is 14.4 Å². The van der Waals surface area contributed by atoms with Crippen molar-refractivity contribution in [2.45, 2.75) is 10.3 Å². The van der Waals surface area contributed by atoms with E-state index < -0.39 is 27.0 Å². The molecule has 0 bridgehead atoms. The fourth-order valence-corrected chi connectivity index (χ4v) is 5.38. The summed E-state index contributed by atoms with van der Waals surface area (Å²) in [6.45, 7) is 0.556. The summed E-state index contributed by atoms with van der Waals surface area (Å²) in [7, 11) is -2.91. The summed E-state index contributed by atoms with van der Waals surface area (Å²) in [6, 6.07) is 16.9. The Bertz CT molecular complexity index is 1330. The number of piperazine rings is 1. The van der Waals surface area contributed by atoms with Crippen LogP contribution in [0.15, 0.2) is 82.3 Å². The number of nitrogens with zero attached hydrogens (tertiary/aromatic N) is 2. The van der Waals surface area contributed by atoms with E-state index in [-0.39, 0.29) is 54.1 Å². The van der Waals surface area contributed by atoms with Crippen LogP contribution < -0.4 is 10.1 Å². The Morgan fingerprint density at radius 2 is 1.53 bits per heavy atom. The fourth-order valence-electron chi connectivity index (χ4n) is 3.90. The number of ether oxygens (including phenoxy) is 1. The summed E-state index contributed by atoms with van der Waals surface area (Å²) in [4.78, 5) is 41.9. The van der Waals surface area contributed by atoms with E-state index in [1.54, 1.807) is 36.4 Å². The van der Waals surface area contributed by atoms with Crippen LogP contribution in [0.2, 0.25) is 0 Å². The highest BCUT2D eigenvalue weighted by molar-refractivity contribution is 7.92. The number of carbonyl (C=O) groups is 3. The number of methoxy groups -OCH3 is 1. The largest absolute Gasteiger partial charge is 0.496 e. The first-order valence-electron chi connectivity index (χ1n) is 11.2. The maximum atomic E-state index is 13.5. The molecule has 1 fully saturated rings. The minimum absolute atomic E-state index is 0.0925. The van der Waals surface area contributed by atoms with Crippen LogP contribution >= 0.6 is 0 Å². The lowest BCUT2D eigenvalue weighted by atomic mass is 10.2. The lowest BCUT2D eigenvalue weighted by Gasteiger charge is -2.36. The molecule has 188 valence electrons. The van der Waals surface area contributed by atoms with E-state index in [1.807, 2.05) is 0 Å². The van der Waals surface area contributed by atoms with Gasteiger partial charge in [0.1, 0.15) is 5.75 Å². The van der Waals surface area contributed by atoms with Crippen LogP contribution in [-0.4, -0.2) is 74.6 Å². The molecule has 0 unspecified atom stereocenters. The Morgan fingerprint density at radius 1 is 0.889 bits per heavy atom. The maximum Gasteiger partial charge on any atom is 0.289 e. The van der Waals surface area contributed by atoms with Gasteiger partial charge >= 0.3 is 0 Å². The van der Waals surface area contributed by atoms with Gasteiger partial charge in [-0.2, -0.15) is 0 Å². The Balaban J connectivity index is 1.57. The fraction of sp³-hybridized carbons (Fsp3) is 0.240. The smallest absolute Gasteiger partial charge is 0.289 e. The first-order valence-corrected chi connectivity index (χ1v) is 12.7. The van der Waals surface area contributed by atoms with Gasteiger partial charge in [0.25, 0.3) is 17.7 Å². The number of rotatable bonds is 7. The van der Waals surface area contributed by atoms with Gasteiger partial charge in [-0.15, -0.1) is 0 Å². The summed E-state index contributed by atoms with van der Waals surface area (Å²) in [5.74, 6) is -1.44. The highest BCUT2D eigenvalue weighted by atomic mass is 32.2. The number of sulfone groups is 1. The number of nitrogens with one attached hydrogen (secondary N) is 1. The van der Waals surface area contributed by atoms with Crippen LogP contribution in [0.5, 0.6) is 5.75 Å². The Morgan fingerprint density at radius 3 is 2.17 bits per heavy atom. The molecule has 11 heteroatoms. The molecule has 3 aromatic rings. The molecule has 0 saturated carbocycles. The molecule has 0 radical (unpaired) electrons. The van der Waals surface area contributed by atoms with Crippen LogP contribution in [0.3, 0.4) is 0 Å². The maximum absolute atomic E-state index is 13.5. The minimum atomic E-state index is -4.30. The Labute approximate surface area is 208 Å². The van der Waals surface area contributed by atoms with E-state index in [9.17, 15) is 22.8 Å². The van der Waals surface area contributed by atoms with Gasteiger partial charge in [-0.1, -0.05) is 30.3 Å². The molecule has 3 amide bonds. The first-order chi connectivity index (χ1) is 17.3. The van der Waals surface area contributed by atoms with Gasteiger partial charge < -0.3 is 24.3 Å². The number of hydrogen-bond acceptors (Lipinski definition) is 7. The first kappa shape index (κ1) is 25.0. The number of para-hydroxylation sites is 1. The van der Waals surface area contributed by atoms with Crippen molar-refractivity contribution in [2.24, 2.45) is 0 Å². The van der Waals surface area contributed by atoms with Crippen molar-refractivity contribution in [2.75, 3.05) is 33.3 Å². The number of hydrogen-bond donors (Lipinski definition) is 1. The quantitative estimate of drug-likeness (QED) is 0.513. The lowest BCUT2D eigenvalue weighted by molar-refractivity contribution is -0.132. The van der Waals surface area contributed by atoms with E-state index in [0.717, 1.165) is 0 Å². The second-order valence-electron chi connectivity index (χ2n) is 8.01. The number of furan rings is 1. The molecule has 1 aliphatic rings. The average Bonchev–Trinajstić information content (AvgIpc) is 3.46. The topological polar surface area (TPSA) is 126 Å². The van der Waals surface area contributed by atoms with Crippen molar-refractivity contribution in [1.29, 1.82) is 0 Å². The molecule has 0 spiro atoms. The van der Waals surface area contributed by atoms with Crippen LogP contribution in [-0.2, 0) is 14.6 Å². The molecule has 1 saturated heterocycles. The molecular formula is C25H25N3O7S. The normalized spacial score (nSPS) is 14.7. The summed E-state index contributed by atoms with van der Waals surface area (Å²) >= 11 is 0. The van der Waals surface area contributed by atoms with E-state index in [1.165, 1.54) is 53.5 Å². The van der Waals surface area contributed by atoms with Crippen molar-refractivity contribution < 1.29 is 32.0 Å². The Hall–Kier alpha value is -4.12. The molecule has 10 nitrogen and oxygen atoms in total. The van der Waals surface area contributed by atoms with Gasteiger partial charge in [0, 0.05) is 26.2 Å².